The lowest BCUT2D eigenvalue weighted by Gasteiger charge is -2.27. The fourth-order valence-electron chi connectivity index (χ4n) is 10.6. The monoisotopic (exact) mass is 1220 g/mol. The second-order valence-corrected chi connectivity index (χ2v) is 21.5. The van der Waals surface area contributed by atoms with Crippen LogP contribution in [-0.2, 0) is 57.6 Å². The third-order valence-electron chi connectivity index (χ3n) is 14.7. The van der Waals surface area contributed by atoms with Crippen molar-refractivity contribution in [1.82, 2.24) is 29.8 Å². The number of imide groups is 2. The first-order valence-corrected chi connectivity index (χ1v) is 29.7. The van der Waals surface area contributed by atoms with Gasteiger partial charge >= 0.3 is 5.97 Å². The van der Waals surface area contributed by atoms with Gasteiger partial charge in [0.1, 0.15) is 17.6 Å². The van der Waals surface area contributed by atoms with Gasteiger partial charge in [0.15, 0.2) is 0 Å². The van der Waals surface area contributed by atoms with E-state index in [1.807, 2.05) is 67.1 Å². The number of carbonyl (C=O) groups excluding carboxylic acids is 5. The van der Waals surface area contributed by atoms with Crippen molar-refractivity contribution in [3.05, 3.63) is 137 Å². The Morgan fingerprint density at radius 1 is 0.739 bits per heavy atom. The lowest BCUT2D eigenvalue weighted by atomic mass is 9.94. The largest absolute Gasteiger partial charge is 0.494 e. The summed E-state index contributed by atoms with van der Waals surface area (Å²) in [6.45, 7) is 9.21. The number of aliphatic hydroxyl groups excluding tert-OH is 2. The van der Waals surface area contributed by atoms with Crippen LogP contribution in [0.25, 0.3) is 22.4 Å². The predicted octanol–water partition coefficient (Wildman–Crippen LogP) is 6.90. The summed E-state index contributed by atoms with van der Waals surface area (Å²) in [4.78, 5) is 77.2. The molecule has 88 heavy (non-hydrogen) atoms. The van der Waals surface area contributed by atoms with Crippen molar-refractivity contribution < 1.29 is 76.9 Å². The number of halogens is 1. The highest BCUT2D eigenvalue weighted by Gasteiger charge is 2.45. The van der Waals surface area contributed by atoms with Crippen LogP contribution in [0.15, 0.2) is 103 Å². The Morgan fingerprint density at radius 2 is 1.42 bits per heavy atom. The van der Waals surface area contributed by atoms with Crippen molar-refractivity contribution >= 4 is 46.9 Å². The van der Waals surface area contributed by atoms with Gasteiger partial charge in [0.25, 0.3) is 17.7 Å². The summed E-state index contributed by atoms with van der Waals surface area (Å²) in [5.74, 6) is -3.84. The molecule has 4 heterocycles. The number of hydrogen-bond donors (Lipinski definition) is 6. The zero-order chi connectivity index (χ0) is 62.4. The molecule has 0 radical (unpaired) electrons. The molecule has 1 saturated heterocycles. The van der Waals surface area contributed by atoms with Crippen LogP contribution < -0.4 is 20.7 Å². The van der Waals surface area contributed by atoms with Gasteiger partial charge < -0.3 is 58.9 Å². The SMILES string of the molecule is CC(C)c1c(C(=O)Nc2ccccc2)c(-c2cccc(OCCCCc3cn(CCOCCOCCOCCOCCOCCNc4cccc5c4C(=O)N(C4CCC(=O)NC4=O)C5=O)nn3)c2)c(-c2ccc(F)cc2)n1CCC(O)CC(O)CC(=O)O. The summed E-state index contributed by atoms with van der Waals surface area (Å²) in [7, 11) is 0. The Kier molecular flexibility index (Phi) is 24.8. The molecule has 23 nitrogen and oxygen atoms in total. The molecular weight excluding hydrogens is 1140 g/mol. The second kappa shape index (κ2) is 33.2. The zero-order valence-electron chi connectivity index (χ0n) is 49.5. The average Bonchev–Trinajstić information content (AvgIpc) is 1.81. The van der Waals surface area contributed by atoms with Gasteiger partial charge in [-0.2, -0.15) is 0 Å². The maximum absolute atomic E-state index is 14.7. The number of fused-ring (bicyclic) bond motifs is 1. The summed E-state index contributed by atoms with van der Waals surface area (Å²) < 4.78 is 52.7. The normalized spacial score (nSPS) is 14.8. The molecule has 0 spiro atoms. The van der Waals surface area contributed by atoms with Crippen molar-refractivity contribution in [2.45, 2.75) is 102 Å². The number of unbranched alkanes of at least 4 members (excludes halogenated alkanes) is 1. The van der Waals surface area contributed by atoms with Crippen LogP contribution in [0.3, 0.4) is 0 Å². The molecule has 3 atom stereocenters. The van der Waals surface area contributed by atoms with E-state index in [2.05, 4.69) is 26.3 Å². The van der Waals surface area contributed by atoms with Crippen LogP contribution in [0, 0.1) is 5.82 Å². The maximum atomic E-state index is 14.7. The minimum absolute atomic E-state index is 0.0473. The lowest BCUT2D eigenvalue weighted by Crippen LogP contribution is -2.54. The molecule has 0 bridgehead atoms. The van der Waals surface area contributed by atoms with Crippen LogP contribution in [0.4, 0.5) is 15.8 Å². The van der Waals surface area contributed by atoms with Gasteiger partial charge in [0, 0.05) is 48.3 Å². The number of piperidine rings is 1. The smallest absolute Gasteiger partial charge is 0.305 e. The maximum Gasteiger partial charge on any atom is 0.305 e. The molecule has 2 aliphatic heterocycles. The number of carboxylic acids is 1. The number of nitrogens with one attached hydrogen (secondary N) is 3. The third kappa shape index (κ3) is 18.4. The highest BCUT2D eigenvalue weighted by molar-refractivity contribution is 6.25. The Hall–Kier alpha value is -8.23. The highest BCUT2D eigenvalue weighted by Crippen LogP contribution is 2.44. The molecule has 2 aliphatic rings. The average molecular weight is 1220 g/mol. The molecule has 0 aliphatic carbocycles. The molecule has 4 aromatic carbocycles. The predicted molar refractivity (Wildman–Crippen MR) is 321 cm³/mol. The van der Waals surface area contributed by atoms with E-state index in [4.69, 9.17) is 28.4 Å². The number of anilines is 2. The van der Waals surface area contributed by atoms with Crippen LogP contribution >= 0.6 is 0 Å². The topological polar surface area (TPSA) is 293 Å². The summed E-state index contributed by atoms with van der Waals surface area (Å²) in [5, 5.41) is 47.6. The molecule has 6 aromatic rings. The number of ether oxygens (including phenoxy) is 6. The molecule has 470 valence electrons. The van der Waals surface area contributed by atoms with E-state index in [1.165, 1.54) is 12.1 Å². The minimum atomic E-state index is -1.25. The zero-order valence-corrected chi connectivity index (χ0v) is 49.5. The van der Waals surface area contributed by atoms with Gasteiger partial charge in [-0.15, -0.1) is 5.10 Å². The number of aromatic nitrogens is 4. The molecular formula is C64H77FN8O15. The first kappa shape index (κ1) is 65.7. The third-order valence-corrected chi connectivity index (χ3v) is 14.7. The van der Waals surface area contributed by atoms with E-state index in [-0.39, 0.29) is 55.2 Å². The van der Waals surface area contributed by atoms with Crippen LogP contribution in [0.1, 0.15) is 107 Å². The summed E-state index contributed by atoms with van der Waals surface area (Å²) in [5.41, 5.74) is 5.87. The van der Waals surface area contributed by atoms with Crippen molar-refractivity contribution in [2.75, 3.05) is 89.9 Å². The Morgan fingerprint density at radius 3 is 2.10 bits per heavy atom. The summed E-state index contributed by atoms with van der Waals surface area (Å²) in [6, 6.07) is 26.4. The van der Waals surface area contributed by atoms with E-state index in [9.17, 15) is 48.5 Å². The van der Waals surface area contributed by atoms with Gasteiger partial charge in [0.05, 0.1) is 126 Å². The van der Waals surface area contributed by atoms with Crippen molar-refractivity contribution in [1.29, 1.82) is 0 Å². The van der Waals surface area contributed by atoms with Gasteiger partial charge in [-0.25, -0.2) is 9.07 Å². The first-order chi connectivity index (χ1) is 42.7. The quantitative estimate of drug-likeness (QED) is 0.0170. The molecule has 1 fully saturated rings. The van der Waals surface area contributed by atoms with Crippen molar-refractivity contribution in [3.8, 4) is 28.1 Å². The van der Waals surface area contributed by atoms with Gasteiger partial charge in [0.2, 0.25) is 11.8 Å². The van der Waals surface area contributed by atoms with Crippen molar-refractivity contribution in [3.63, 3.8) is 0 Å². The minimum Gasteiger partial charge on any atom is -0.494 e. The molecule has 2 aromatic heterocycles. The number of hydrogen-bond acceptors (Lipinski definition) is 17. The molecule has 5 amide bonds. The molecule has 8 rings (SSSR count). The van der Waals surface area contributed by atoms with E-state index in [0.717, 1.165) is 17.0 Å². The summed E-state index contributed by atoms with van der Waals surface area (Å²) >= 11 is 0. The van der Waals surface area contributed by atoms with E-state index < -0.39 is 60.1 Å². The molecule has 24 heteroatoms. The van der Waals surface area contributed by atoms with Crippen LogP contribution in [0.5, 0.6) is 5.75 Å². The molecule has 6 N–H and O–H groups in total. The number of rotatable bonds is 38. The van der Waals surface area contributed by atoms with Crippen LogP contribution in [-0.4, -0.2) is 173 Å². The summed E-state index contributed by atoms with van der Waals surface area (Å²) in [6.07, 6.45) is 1.39. The fraction of sp³-hybridized carbons (Fsp3) is 0.438. The highest BCUT2D eigenvalue weighted by atomic mass is 19.1. The molecule has 3 unspecified atom stereocenters. The Balaban J connectivity index is 0.706. The van der Waals surface area contributed by atoms with Gasteiger partial charge in [-0.05, 0) is 116 Å². The van der Waals surface area contributed by atoms with Gasteiger partial charge in [-0.3, -0.25) is 39.0 Å². The Labute approximate surface area is 509 Å². The number of benzene rings is 4. The van der Waals surface area contributed by atoms with E-state index >= 15 is 0 Å². The van der Waals surface area contributed by atoms with Crippen molar-refractivity contribution in [2.24, 2.45) is 0 Å². The van der Waals surface area contributed by atoms with Gasteiger partial charge in [-0.1, -0.05) is 55.5 Å². The standard InChI is InChI=1S/C64H77FN8O15/c1-42(2)59-58(62(80)67-46-11-4-3-5-12-46)56(60(43-17-19-45(65)20-18-43)72(59)25-23-48(74)39-49(75)40-55(77)78)44-10-8-14-50(38-44)88-27-7-6-13-47-41-71(70-69-47)26-29-84-31-33-86-35-37-87-36-34-85-32-30-83-28-24-66-52-16-9-15-51-57(52)64(82)73(63(51)81)53-21-22-54(76)68-61(53)79/h3-5,8-12,14-20,38,41-42,48-49,53,66,74-75H,6-7,13,21-37,39-40H2,1-2H3,(H,67,80)(H,77,78)(H,68,76,79). The number of carboxylic acid groups (broad SMARTS) is 1. The van der Waals surface area contributed by atoms with Crippen LogP contribution in [0.2, 0.25) is 0 Å². The Bertz CT molecular complexity index is 3300. The fourth-order valence-corrected chi connectivity index (χ4v) is 10.6. The number of aliphatic carboxylic acids is 1. The number of nitrogens with zero attached hydrogens (tertiary/aromatic N) is 5. The molecule has 0 saturated carbocycles. The van der Waals surface area contributed by atoms with E-state index in [0.29, 0.717) is 149 Å². The number of amides is 5. The number of para-hydroxylation sites is 1. The van der Waals surface area contributed by atoms with E-state index in [1.54, 1.807) is 47.1 Å². The second-order valence-electron chi connectivity index (χ2n) is 21.5. The number of aliphatic hydroxyl groups is 2. The lowest BCUT2D eigenvalue weighted by molar-refractivity contribution is -0.140. The first-order valence-electron chi connectivity index (χ1n) is 29.7. The number of aryl methyl sites for hydroxylation is 1. The number of carbonyl (C=O) groups is 6.